The van der Waals surface area contributed by atoms with Crippen molar-refractivity contribution in [2.75, 3.05) is 0 Å². The van der Waals surface area contributed by atoms with Gasteiger partial charge in [-0.1, -0.05) is 6.92 Å². The lowest BCUT2D eigenvalue weighted by atomic mass is 10.1. The van der Waals surface area contributed by atoms with E-state index >= 15 is 0 Å². The summed E-state index contributed by atoms with van der Waals surface area (Å²) in [4.78, 5) is 0. The van der Waals surface area contributed by atoms with Crippen LogP contribution in [-0.4, -0.2) is 12.2 Å². The van der Waals surface area contributed by atoms with E-state index in [4.69, 9.17) is 4.42 Å². The van der Waals surface area contributed by atoms with Crippen LogP contribution in [0.1, 0.15) is 38.5 Å². The third-order valence-corrected chi connectivity index (χ3v) is 2.32. The van der Waals surface area contributed by atoms with E-state index in [0.717, 1.165) is 0 Å². The van der Waals surface area contributed by atoms with Gasteiger partial charge in [-0.3, -0.25) is 0 Å². The zero-order valence-corrected chi connectivity index (χ0v) is 9.34. The number of furan rings is 1. The quantitative estimate of drug-likeness (QED) is 0.842. The highest BCUT2D eigenvalue weighted by Crippen LogP contribution is 2.24. The smallest absolute Gasteiger partial charge is 0.390 e. The Hall–Kier alpha value is -0.970. The summed E-state index contributed by atoms with van der Waals surface area (Å²) >= 11 is 0. The van der Waals surface area contributed by atoms with E-state index in [0.29, 0.717) is 12.2 Å². The lowest BCUT2D eigenvalue weighted by Crippen LogP contribution is -2.33. The lowest BCUT2D eigenvalue weighted by Gasteiger charge is -2.21. The van der Waals surface area contributed by atoms with Crippen LogP contribution in [0, 0.1) is 0 Å². The molecule has 2 atom stereocenters. The highest BCUT2D eigenvalue weighted by Gasteiger charge is 2.30. The maximum atomic E-state index is 12.1. The summed E-state index contributed by atoms with van der Waals surface area (Å²) in [6.45, 7) is 3.43. The summed E-state index contributed by atoms with van der Waals surface area (Å²) < 4.78 is 41.6. The van der Waals surface area contributed by atoms with E-state index in [2.05, 4.69) is 5.32 Å². The second kappa shape index (κ2) is 5.39. The molecule has 0 aliphatic rings. The van der Waals surface area contributed by atoms with E-state index in [-0.39, 0.29) is 6.04 Å². The highest BCUT2D eigenvalue weighted by molar-refractivity contribution is 5.04. The molecule has 92 valence electrons. The van der Waals surface area contributed by atoms with Crippen molar-refractivity contribution >= 4 is 0 Å². The highest BCUT2D eigenvalue weighted by atomic mass is 19.4. The molecular formula is C11H16F3NO. The summed E-state index contributed by atoms with van der Waals surface area (Å²) in [5, 5.41) is 2.91. The number of hydrogen-bond acceptors (Lipinski definition) is 2. The molecule has 0 saturated heterocycles. The summed E-state index contributed by atoms with van der Waals surface area (Å²) in [7, 11) is 0. The first-order valence-corrected chi connectivity index (χ1v) is 5.28. The van der Waals surface area contributed by atoms with Gasteiger partial charge >= 0.3 is 6.18 Å². The normalized spacial score (nSPS) is 16.1. The maximum absolute atomic E-state index is 12.1. The number of alkyl halides is 3. The Kier molecular flexibility index (Phi) is 4.41. The van der Waals surface area contributed by atoms with Crippen molar-refractivity contribution in [2.45, 2.75) is 44.9 Å². The Labute approximate surface area is 92.8 Å². The third-order valence-electron chi connectivity index (χ3n) is 2.32. The van der Waals surface area contributed by atoms with Crippen molar-refractivity contribution in [3.63, 3.8) is 0 Å². The first kappa shape index (κ1) is 13.1. The average Bonchev–Trinajstić information content (AvgIpc) is 2.63. The van der Waals surface area contributed by atoms with Gasteiger partial charge in [0.2, 0.25) is 0 Å². The van der Waals surface area contributed by atoms with Gasteiger partial charge in [0.15, 0.2) is 0 Å². The van der Waals surface area contributed by atoms with Crippen molar-refractivity contribution in [3.8, 4) is 0 Å². The molecule has 1 N–H and O–H groups in total. The maximum Gasteiger partial charge on any atom is 0.390 e. The van der Waals surface area contributed by atoms with E-state index < -0.39 is 18.6 Å². The fourth-order valence-electron chi connectivity index (χ4n) is 1.64. The van der Waals surface area contributed by atoms with Crippen LogP contribution in [0.15, 0.2) is 22.8 Å². The van der Waals surface area contributed by atoms with Crippen molar-refractivity contribution in [1.82, 2.24) is 5.32 Å². The van der Waals surface area contributed by atoms with Gasteiger partial charge in [0.1, 0.15) is 5.76 Å². The van der Waals surface area contributed by atoms with Gasteiger partial charge in [0, 0.05) is 6.04 Å². The van der Waals surface area contributed by atoms with Crippen LogP contribution in [0.2, 0.25) is 0 Å². The molecule has 1 rings (SSSR count). The molecule has 16 heavy (non-hydrogen) atoms. The summed E-state index contributed by atoms with van der Waals surface area (Å²) in [5.74, 6) is 0.677. The number of nitrogens with one attached hydrogen (secondary N) is 1. The molecule has 0 radical (unpaired) electrons. The second-order valence-corrected chi connectivity index (χ2v) is 3.86. The van der Waals surface area contributed by atoms with Crippen molar-refractivity contribution in [3.05, 3.63) is 24.2 Å². The van der Waals surface area contributed by atoms with Crippen LogP contribution < -0.4 is 5.32 Å². The zero-order valence-electron chi connectivity index (χ0n) is 9.34. The monoisotopic (exact) mass is 235 g/mol. The zero-order chi connectivity index (χ0) is 12.2. The predicted octanol–water partition coefficient (Wildman–Crippen LogP) is 3.66. The molecule has 5 heteroatoms. The number of hydrogen-bond donors (Lipinski definition) is 1. The molecule has 0 spiro atoms. The Bertz CT molecular complexity index is 295. The lowest BCUT2D eigenvalue weighted by molar-refractivity contribution is -0.139. The first-order chi connectivity index (χ1) is 7.42. The Morgan fingerprint density at radius 2 is 2.12 bits per heavy atom. The minimum Gasteiger partial charge on any atom is -0.468 e. The fourth-order valence-corrected chi connectivity index (χ4v) is 1.64. The van der Waals surface area contributed by atoms with E-state index in [9.17, 15) is 13.2 Å². The van der Waals surface area contributed by atoms with Gasteiger partial charge in [-0.15, -0.1) is 0 Å². The van der Waals surface area contributed by atoms with Crippen LogP contribution in [-0.2, 0) is 0 Å². The van der Waals surface area contributed by atoms with Crippen LogP contribution in [0.25, 0.3) is 0 Å². The molecule has 0 bridgehead atoms. The van der Waals surface area contributed by atoms with Crippen LogP contribution in [0.4, 0.5) is 13.2 Å². The van der Waals surface area contributed by atoms with Crippen LogP contribution in [0.5, 0.6) is 0 Å². The van der Waals surface area contributed by atoms with Gasteiger partial charge in [-0.25, -0.2) is 0 Å². The van der Waals surface area contributed by atoms with Crippen molar-refractivity contribution in [2.24, 2.45) is 0 Å². The van der Waals surface area contributed by atoms with E-state index in [1.54, 1.807) is 12.1 Å². The largest absolute Gasteiger partial charge is 0.468 e. The van der Waals surface area contributed by atoms with E-state index in [1.165, 1.54) is 13.2 Å². The van der Waals surface area contributed by atoms with E-state index in [1.807, 2.05) is 6.92 Å². The molecule has 2 unspecified atom stereocenters. The van der Waals surface area contributed by atoms with Crippen molar-refractivity contribution < 1.29 is 17.6 Å². The third kappa shape index (κ3) is 4.26. The molecular weight excluding hydrogens is 219 g/mol. The predicted molar refractivity (Wildman–Crippen MR) is 55.0 cm³/mol. The molecule has 0 aliphatic heterocycles. The molecule has 1 aromatic heterocycles. The second-order valence-electron chi connectivity index (χ2n) is 3.86. The van der Waals surface area contributed by atoms with Crippen LogP contribution in [0.3, 0.4) is 0 Å². The minimum absolute atomic E-state index is 0.160. The van der Waals surface area contributed by atoms with Crippen molar-refractivity contribution in [1.29, 1.82) is 0 Å². The molecule has 0 aromatic carbocycles. The summed E-state index contributed by atoms with van der Waals surface area (Å²) in [6.07, 6.45) is -2.75. The average molecular weight is 235 g/mol. The molecule has 0 aliphatic carbocycles. The van der Waals surface area contributed by atoms with Gasteiger partial charge in [-0.05, 0) is 25.5 Å². The molecule has 2 nitrogen and oxygen atoms in total. The minimum atomic E-state index is -4.13. The Morgan fingerprint density at radius 1 is 1.44 bits per heavy atom. The summed E-state index contributed by atoms with van der Waals surface area (Å²) in [6, 6.07) is 2.72. The SMILES string of the molecule is CCC(NC(C)CC(F)(F)F)c1ccco1. The molecule has 0 amide bonds. The standard InChI is InChI=1S/C11H16F3NO/c1-3-9(10-5-4-6-16-10)15-8(2)7-11(12,13)14/h4-6,8-9,15H,3,7H2,1-2H3. The van der Waals surface area contributed by atoms with Crippen LogP contribution >= 0.6 is 0 Å². The molecule has 0 fully saturated rings. The summed E-state index contributed by atoms with van der Waals surface area (Å²) in [5.41, 5.74) is 0. The van der Waals surface area contributed by atoms with Gasteiger partial charge in [0.05, 0.1) is 18.7 Å². The van der Waals surface area contributed by atoms with Gasteiger partial charge < -0.3 is 9.73 Å². The molecule has 1 aromatic rings. The van der Waals surface area contributed by atoms with Gasteiger partial charge in [-0.2, -0.15) is 13.2 Å². The Morgan fingerprint density at radius 3 is 2.56 bits per heavy atom. The molecule has 1 heterocycles. The number of rotatable bonds is 5. The Balaban J connectivity index is 2.51. The fraction of sp³-hybridized carbons (Fsp3) is 0.636. The first-order valence-electron chi connectivity index (χ1n) is 5.28. The van der Waals surface area contributed by atoms with Gasteiger partial charge in [0.25, 0.3) is 0 Å². The molecule has 0 saturated carbocycles. The topological polar surface area (TPSA) is 25.2 Å². The number of halogens is 3.